The van der Waals surface area contributed by atoms with Crippen LogP contribution in [0.25, 0.3) is 0 Å². The van der Waals surface area contributed by atoms with E-state index in [9.17, 15) is 14.4 Å². The smallest absolute Gasteiger partial charge is 0.410 e. The third-order valence-corrected chi connectivity index (χ3v) is 6.83. The highest BCUT2D eigenvalue weighted by atomic mass is 16.6. The van der Waals surface area contributed by atoms with E-state index in [1.54, 1.807) is 0 Å². The summed E-state index contributed by atoms with van der Waals surface area (Å²) in [5, 5.41) is 0. The standard InChI is InChI=1S/C23H38N2O4/c1-22(2,3)29-21(28)24-14-9-18(10-15-24)8-4-7-13-25-19(26)16-23(17-20(25)27)11-5-6-12-23/h18H,4-17H2,1-3H3. The topological polar surface area (TPSA) is 66.9 Å². The van der Waals surface area contributed by atoms with Crippen LogP contribution in [0, 0.1) is 11.3 Å². The molecular weight excluding hydrogens is 368 g/mol. The maximum atomic E-state index is 12.5. The minimum absolute atomic E-state index is 0.00717. The highest BCUT2D eigenvalue weighted by Crippen LogP contribution is 2.46. The summed E-state index contributed by atoms with van der Waals surface area (Å²) in [5.74, 6) is 0.714. The van der Waals surface area contributed by atoms with Crippen molar-refractivity contribution in [2.75, 3.05) is 19.6 Å². The fourth-order valence-electron chi connectivity index (χ4n) is 5.20. The van der Waals surface area contributed by atoms with Crippen LogP contribution >= 0.6 is 0 Å². The lowest BCUT2D eigenvalue weighted by atomic mass is 9.76. The first-order valence-corrected chi connectivity index (χ1v) is 11.5. The number of amides is 3. The van der Waals surface area contributed by atoms with Crippen LogP contribution in [0.5, 0.6) is 0 Å². The Kier molecular flexibility index (Phi) is 6.90. The number of hydrogen-bond donors (Lipinski definition) is 0. The summed E-state index contributed by atoms with van der Waals surface area (Å²) < 4.78 is 5.45. The summed E-state index contributed by atoms with van der Waals surface area (Å²) in [5.41, 5.74) is -0.457. The van der Waals surface area contributed by atoms with Gasteiger partial charge in [-0.25, -0.2) is 4.79 Å². The Labute approximate surface area is 175 Å². The molecular formula is C23H38N2O4. The highest BCUT2D eigenvalue weighted by Gasteiger charge is 2.44. The van der Waals surface area contributed by atoms with Crippen LogP contribution in [0.4, 0.5) is 4.79 Å². The number of piperidine rings is 2. The van der Waals surface area contributed by atoms with Crippen molar-refractivity contribution in [2.24, 2.45) is 11.3 Å². The molecule has 0 unspecified atom stereocenters. The van der Waals surface area contributed by atoms with Gasteiger partial charge in [0.2, 0.25) is 11.8 Å². The van der Waals surface area contributed by atoms with Crippen LogP contribution in [-0.4, -0.2) is 52.9 Å². The van der Waals surface area contributed by atoms with Crippen LogP contribution in [-0.2, 0) is 14.3 Å². The lowest BCUT2D eigenvalue weighted by Gasteiger charge is -2.37. The second-order valence-corrected chi connectivity index (χ2v) is 10.4. The van der Waals surface area contributed by atoms with Gasteiger partial charge in [0.15, 0.2) is 0 Å². The van der Waals surface area contributed by atoms with Crippen molar-refractivity contribution >= 4 is 17.9 Å². The van der Waals surface area contributed by atoms with Crippen molar-refractivity contribution in [3.05, 3.63) is 0 Å². The first-order chi connectivity index (χ1) is 13.7. The predicted octanol–water partition coefficient (Wildman–Crippen LogP) is 4.51. The maximum Gasteiger partial charge on any atom is 0.410 e. The molecule has 1 spiro atoms. The number of nitrogens with zero attached hydrogens (tertiary/aromatic N) is 2. The number of carbonyl (C=O) groups is 3. The number of carbonyl (C=O) groups excluding carboxylic acids is 3. The minimum atomic E-state index is -0.450. The van der Waals surface area contributed by atoms with Crippen molar-refractivity contribution in [3.63, 3.8) is 0 Å². The van der Waals surface area contributed by atoms with Crippen LogP contribution in [0.15, 0.2) is 0 Å². The lowest BCUT2D eigenvalue weighted by molar-refractivity contribution is -0.153. The molecule has 3 fully saturated rings. The van der Waals surface area contributed by atoms with Crippen molar-refractivity contribution in [1.29, 1.82) is 0 Å². The molecule has 1 aliphatic carbocycles. The van der Waals surface area contributed by atoms with Gasteiger partial charge in [0.25, 0.3) is 0 Å². The summed E-state index contributed by atoms with van der Waals surface area (Å²) >= 11 is 0. The van der Waals surface area contributed by atoms with Gasteiger partial charge in [-0.3, -0.25) is 14.5 Å². The molecule has 0 aromatic rings. The van der Waals surface area contributed by atoms with Crippen LogP contribution < -0.4 is 0 Å². The zero-order valence-corrected chi connectivity index (χ0v) is 18.5. The second kappa shape index (κ2) is 9.05. The average molecular weight is 407 g/mol. The Morgan fingerprint density at radius 2 is 1.62 bits per heavy atom. The molecule has 3 amide bonds. The van der Waals surface area contributed by atoms with E-state index in [1.165, 1.54) is 4.90 Å². The van der Waals surface area contributed by atoms with E-state index in [2.05, 4.69) is 0 Å². The Morgan fingerprint density at radius 3 is 2.17 bits per heavy atom. The number of likely N-dealkylation sites (tertiary alicyclic amines) is 2. The molecule has 0 bridgehead atoms. The third-order valence-electron chi connectivity index (χ3n) is 6.83. The van der Waals surface area contributed by atoms with Gasteiger partial charge in [-0.2, -0.15) is 0 Å². The van der Waals surface area contributed by atoms with Crippen LogP contribution in [0.1, 0.15) is 91.4 Å². The first kappa shape index (κ1) is 22.1. The predicted molar refractivity (Wildman–Crippen MR) is 111 cm³/mol. The molecule has 2 aliphatic heterocycles. The molecule has 0 aromatic carbocycles. The molecule has 29 heavy (non-hydrogen) atoms. The molecule has 6 nitrogen and oxygen atoms in total. The normalized spacial score (nSPS) is 23.1. The highest BCUT2D eigenvalue weighted by molar-refractivity contribution is 5.98. The molecule has 2 heterocycles. The Morgan fingerprint density at radius 1 is 1.03 bits per heavy atom. The maximum absolute atomic E-state index is 12.5. The van der Waals surface area contributed by atoms with Gasteiger partial charge < -0.3 is 9.64 Å². The fraction of sp³-hybridized carbons (Fsp3) is 0.870. The molecule has 3 rings (SSSR count). The third kappa shape index (κ3) is 5.95. The number of rotatable bonds is 5. The number of ether oxygens (including phenoxy) is 1. The summed E-state index contributed by atoms with van der Waals surface area (Å²) in [4.78, 5) is 40.5. The van der Waals surface area contributed by atoms with Crippen LogP contribution in [0.3, 0.4) is 0 Å². The van der Waals surface area contributed by atoms with E-state index in [0.29, 0.717) is 25.3 Å². The van der Waals surface area contributed by atoms with E-state index in [4.69, 9.17) is 4.74 Å². The average Bonchev–Trinajstić information content (AvgIpc) is 3.07. The van der Waals surface area contributed by atoms with Gasteiger partial charge in [0, 0.05) is 32.5 Å². The molecule has 0 aromatic heterocycles. The molecule has 2 saturated heterocycles. The summed E-state index contributed by atoms with van der Waals surface area (Å²) in [6, 6.07) is 0. The Balaban J connectivity index is 1.33. The first-order valence-electron chi connectivity index (χ1n) is 11.5. The van der Waals surface area contributed by atoms with Crippen LogP contribution in [0.2, 0.25) is 0 Å². The lowest BCUT2D eigenvalue weighted by Crippen LogP contribution is -2.47. The van der Waals surface area contributed by atoms with E-state index < -0.39 is 5.60 Å². The van der Waals surface area contributed by atoms with Crippen molar-refractivity contribution in [2.45, 2.75) is 97.0 Å². The van der Waals surface area contributed by atoms with Gasteiger partial charge in [0.05, 0.1) is 0 Å². The summed E-state index contributed by atoms with van der Waals surface area (Å²) in [6.45, 7) is 7.76. The van der Waals surface area contributed by atoms with E-state index in [1.807, 2.05) is 25.7 Å². The van der Waals surface area contributed by atoms with E-state index >= 15 is 0 Å². The van der Waals surface area contributed by atoms with Gasteiger partial charge in [-0.1, -0.05) is 25.7 Å². The van der Waals surface area contributed by atoms with Crippen molar-refractivity contribution in [1.82, 2.24) is 9.80 Å². The van der Waals surface area contributed by atoms with E-state index in [0.717, 1.165) is 70.9 Å². The van der Waals surface area contributed by atoms with Crippen molar-refractivity contribution in [3.8, 4) is 0 Å². The SMILES string of the molecule is CC(C)(C)OC(=O)N1CCC(CCCCN2C(=O)CC3(CCCC3)CC2=O)CC1. The van der Waals surface area contributed by atoms with Gasteiger partial charge in [-0.15, -0.1) is 0 Å². The second-order valence-electron chi connectivity index (χ2n) is 10.4. The van der Waals surface area contributed by atoms with Crippen molar-refractivity contribution < 1.29 is 19.1 Å². The summed E-state index contributed by atoms with van der Waals surface area (Å²) in [7, 11) is 0. The number of unbranched alkanes of at least 4 members (excludes halogenated alkanes) is 1. The number of hydrogen-bond acceptors (Lipinski definition) is 4. The Hall–Kier alpha value is -1.59. The quantitative estimate of drug-likeness (QED) is 0.497. The molecule has 6 heteroatoms. The fourth-order valence-corrected chi connectivity index (χ4v) is 5.20. The molecule has 1 saturated carbocycles. The Bertz CT molecular complexity index is 591. The zero-order valence-electron chi connectivity index (χ0n) is 18.5. The largest absolute Gasteiger partial charge is 0.444 e. The molecule has 0 atom stereocenters. The van der Waals surface area contributed by atoms with Gasteiger partial charge in [0.1, 0.15) is 5.60 Å². The van der Waals surface area contributed by atoms with Gasteiger partial charge >= 0.3 is 6.09 Å². The summed E-state index contributed by atoms with van der Waals surface area (Å²) in [6.07, 6.45) is 10.4. The van der Waals surface area contributed by atoms with Gasteiger partial charge in [-0.05, 0) is 64.2 Å². The molecule has 3 aliphatic rings. The molecule has 164 valence electrons. The molecule has 0 N–H and O–H groups in total. The monoisotopic (exact) mass is 406 g/mol. The van der Waals surface area contributed by atoms with E-state index in [-0.39, 0.29) is 23.3 Å². The molecule has 0 radical (unpaired) electrons. The number of imide groups is 1. The zero-order chi connectivity index (χ0) is 21.1. The minimum Gasteiger partial charge on any atom is -0.444 e.